The third-order valence-electron chi connectivity index (χ3n) is 3.57. The second kappa shape index (κ2) is 5.34. The molecule has 1 aliphatic heterocycles. The molecule has 20 heavy (non-hydrogen) atoms. The number of benzene rings is 1. The molecular formula is C15H16N2O2S. The van der Waals surface area contributed by atoms with Gasteiger partial charge in [0.2, 0.25) is 0 Å². The van der Waals surface area contributed by atoms with Crippen molar-refractivity contribution >= 4 is 9.84 Å². The fourth-order valence-electron chi connectivity index (χ4n) is 2.56. The Hall–Kier alpha value is -1.72. The van der Waals surface area contributed by atoms with Crippen molar-refractivity contribution in [3.05, 3.63) is 59.9 Å². The summed E-state index contributed by atoms with van der Waals surface area (Å²) in [5, 5.41) is 3.34. The topological polar surface area (TPSA) is 59.1 Å². The Morgan fingerprint density at radius 2 is 1.90 bits per heavy atom. The van der Waals surface area contributed by atoms with Crippen molar-refractivity contribution in [1.82, 2.24) is 10.3 Å². The first-order valence-corrected chi connectivity index (χ1v) is 8.26. The number of fused-ring (bicyclic) bond motifs is 1. The predicted octanol–water partition coefficient (Wildman–Crippen LogP) is 1.74. The summed E-state index contributed by atoms with van der Waals surface area (Å²) in [5.41, 5.74) is 2.09. The molecule has 0 amide bonds. The van der Waals surface area contributed by atoms with Crippen LogP contribution in [0.2, 0.25) is 0 Å². The average Bonchev–Trinajstić information content (AvgIpc) is 2.72. The van der Waals surface area contributed by atoms with E-state index in [2.05, 4.69) is 10.3 Å². The zero-order chi connectivity index (χ0) is 14.0. The van der Waals surface area contributed by atoms with Gasteiger partial charge in [-0.3, -0.25) is 4.98 Å². The number of pyridine rings is 1. The Kier molecular flexibility index (Phi) is 3.54. The third kappa shape index (κ3) is 2.59. The summed E-state index contributed by atoms with van der Waals surface area (Å²) in [5.74, 6) is 0.155. The lowest BCUT2D eigenvalue weighted by Crippen LogP contribution is -2.25. The van der Waals surface area contributed by atoms with Gasteiger partial charge in [0.1, 0.15) is 0 Å². The number of hydrogen-bond donors (Lipinski definition) is 1. The van der Waals surface area contributed by atoms with E-state index in [1.807, 2.05) is 24.3 Å². The van der Waals surface area contributed by atoms with Crippen LogP contribution in [-0.2, 0) is 16.3 Å². The maximum absolute atomic E-state index is 12.0. The van der Waals surface area contributed by atoms with Gasteiger partial charge in [0, 0.05) is 18.4 Å². The summed E-state index contributed by atoms with van der Waals surface area (Å²) in [6.45, 7) is 0.749. The Labute approximate surface area is 118 Å². The number of rotatable bonds is 4. The number of sulfone groups is 1. The standard InChI is InChI=1S/C15H16N2O2S/c18-20(19)11-14(13-3-1-2-4-15(13)20)17-10-7-12-5-8-16-9-6-12/h1-6,8-9,14,17H,7,10-11H2. The maximum atomic E-state index is 12.0. The molecule has 0 radical (unpaired) electrons. The Balaban J connectivity index is 1.68. The molecule has 104 valence electrons. The summed E-state index contributed by atoms with van der Waals surface area (Å²) in [4.78, 5) is 4.45. The van der Waals surface area contributed by atoms with Gasteiger partial charge in [0.05, 0.1) is 10.6 Å². The van der Waals surface area contributed by atoms with Crippen molar-refractivity contribution in [2.75, 3.05) is 12.3 Å². The first-order valence-electron chi connectivity index (χ1n) is 6.61. The van der Waals surface area contributed by atoms with E-state index in [0.29, 0.717) is 4.90 Å². The monoisotopic (exact) mass is 288 g/mol. The molecule has 1 unspecified atom stereocenters. The lowest BCUT2D eigenvalue weighted by molar-refractivity contribution is 0.568. The summed E-state index contributed by atoms with van der Waals surface area (Å²) in [6, 6.07) is 11.1. The number of hydrogen-bond acceptors (Lipinski definition) is 4. The second-order valence-electron chi connectivity index (χ2n) is 4.93. The predicted molar refractivity (Wildman–Crippen MR) is 77.2 cm³/mol. The van der Waals surface area contributed by atoms with Crippen LogP contribution in [0.1, 0.15) is 17.2 Å². The molecule has 0 fully saturated rings. The van der Waals surface area contributed by atoms with Gasteiger partial charge in [-0.1, -0.05) is 18.2 Å². The molecular weight excluding hydrogens is 272 g/mol. The molecule has 0 saturated carbocycles. The highest BCUT2D eigenvalue weighted by molar-refractivity contribution is 7.91. The highest BCUT2D eigenvalue weighted by Gasteiger charge is 2.33. The van der Waals surface area contributed by atoms with E-state index < -0.39 is 9.84 Å². The van der Waals surface area contributed by atoms with Gasteiger partial charge in [-0.05, 0) is 42.3 Å². The van der Waals surface area contributed by atoms with Gasteiger partial charge in [-0.15, -0.1) is 0 Å². The van der Waals surface area contributed by atoms with E-state index in [1.165, 1.54) is 5.56 Å². The first-order chi connectivity index (χ1) is 9.67. The van der Waals surface area contributed by atoms with Crippen LogP contribution in [-0.4, -0.2) is 25.7 Å². The number of nitrogens with zero attached hydrogens (tertiary/aromatic N) is 1. The van der Waals surface area contributed by atoms with Crippen molar-refractivity contribution in [3.8, 4) is 0 Å². The molecule has 0 bridgehead atoms. The van der Waals surface area contributed by atoms with Crippen LogP contribution in [0.5, 0.6) is 0 Å². The lowest BCUT2D eigenvalue weighted by Gasteiger charge is -2.12. The minimum Gasteiger partial charge on any atom is -0.309 e. The molecule has 0 saturated heterocycles. The summed E-state index contributed by atoms with van der Waals surface area (Å²) >= 11 is 0. The summed E-state index contributed by atoms with van der Waals surface area (Å²) < 4.78 is 24.1. The molecule has 1 aliphatic rings. The van der Waals surface area contributed by atoms with Gasteiger partial charge in [0.25, 0.3) is 0 Å². The van der Waals surface area contributed by atoms with Crippen LogP contribution in [0.3, 0.4) is 0 Å². The van der Waals surface area contributed by atoms with Crippen molar-refractivity contribution < 1.29 is 8.42 Å². The molecule has 2 aromatic rings. The van der Waals surface area contributed by atoms with Crippen LogP contribution in [0.4, 0.5) is 0 Å². The van der Waals surface area contributed by atoms with Gasteiger partial charge < -0.3 is 5.32 Å². The molecule has 3 rings (SSSR count). The fraction of sp³-hybridized carbons (Fsp3) is 0.267. The maximum Gasteiger partial charge on any atom is 0.180 e. The molecule has 1 aromatic heterocycles. The van der Waals surface area contributed by atoms with Crippen LogP contribution in [0, 0.1) is 0 Å². The highest BCUT2D eigenvalue weighted by atomic mass is 32.2. The van der Waals surface area contributed by atoms with Gasteiger partial charge in [0.15, 0.2) is 9.84 Å². The second-order valence-corrected chi connectivity index (χ2v) is 6.93. The molecule has 2 heterocycles. The van der Waals surface area contributed by atoms with Crippen LogP contribution < -0.4 is 5.32 Å². The van der Waals surface area contributed by atoms with Crippen molar-refractivity contribution in [2.24, 2.45) is 0 Å². The highest BCUT2D eigenvalue weighted by Crippen LogP contribution is 2.32. The van der Waals surface area contributed by atoms with Gasteiger partial charge in [-0.2, -0.15) is 0 Å². The van der Waals surface area contributed by atoms with E-state index in [1.54, 1.807) is 24.5 Å². The molecule has 5 heteroatoms. The van der Waals surface area contributed by atoms with Gasteiger partial charge >= 0.3 is 0 Å². The van der Waals surface area contributed by atoms with E-state index in [0.717, 1.165) is 18.5 Å². The van der Waals surface area contributed by atoms with Crippen LogP contribution in [0.25, 0.3) is 0 Å². The van der Waals surface area contributed by atoms with Crippen molar-refractivity contribution in [2.45, 2.75) is 17.4 Å². The van der Waals surface area contributed by atoms with Crippen LogP contribution >= 0.6 is 0 Å². The minimum atomic E-state index is -3.12. The van der Waals surface area contributed by atoms with E-state index in [4.69, 9.17) is 0 Å². The van der Waals surface area contributed by atoms with E-state index >= 15 is 0 Å². The Bertz CT molecular complexity index is 699. The average molecular weight is 288 g/mol. The van der Waals surface area contributed by atoms with E-state index in [-0.39, 0.29) is 11.8 Å². The zero-order valence-electron chi connectivity index (χ0n) is 11.0. The van der Waals surface area contributed by atoms with Crippen molar-refractivity contribution in [3.63, 3.8) is 0 Å². The molecule has 0 aliphatic carbocycles. The summed E-state index contributed by atoms with van der Waals surface area (Å²) in [6.07, 6.45) is 4.40. The first kappa shape index (κ1) is 13.3. The molecule has 4 nitrogen and oxygen atoms in total. The normalized spacial score (nSPS) is 19.7. The molecule has 1 aromatic carbocycles. The number of nitrogens with one attached hydrogen (secondary N) is 1. The number of aromatic nitrogens is 1. The Morgan fingerprint density at radius 1 is 1.15 bits per heavy atom. The fourth-order valence-corrected chi connectivity index (χ4v) is 4.33. The van der Waals surface area contributed by atoms with E-state index in [9.17, 15) is 8.42 Å². The van der Waals surface area contributed by atoms with Crippen molar-refractivity contribution in [1.29, 1.82) is 0 Å². The third-order valence-corrected chi connectivity index (χ3v) is 5.38. The molecule has 1 atom stereocenters. The molecule has 1 N–H and O–H groups in total. The largest absolute Gasteiger partial charge is 0.309 e. The molecule has 0 spiro atoms. The minimum absolute atomic E-state index is 0.0990. The SMILES string of the molecule is O=S1(=O)CC(NCCc2ccncc2)c2ccccc21. The summed E-state index contributed by atoms with van der Waals surface area (Å²) in [7, 11) is -3.12. The van der Waals surface area contributed by atoms with Crippen LogP contribution in [0.15, 0.2) is 53.7 Å². The zero-order valence-corrected chi connectivity index (χ0v) is 11.8. The van der Waals surface area contributed by atoms with Gasteiger partial charge in [-0.25, -0.2) is 8.42 Å². The quantitative estimate of drug-likeness (QED) is 0.931. The smallest absolute Gasteiger partial charge is 0.180 e. The Morgan fingerprint density at radius 3 is 2.70 bits per heavy atom. The lowest BCUT2D eigenvalue weighted by atomic mass is 10.1.